The summed E-state index contributed by atoms with van der Waals surface area (Å²) in [6.07, 6.45) is 1.59. The minimum atomic E-state index is -4.68. The zero-order chi connectivity index (χ0) is 18.1. The number of halogens is 3. The van der Waals surface area contributed by atoms with Gasteiger partial charge in [-0.1, -0.05) is 30.0 Å². The lowest BCUT2D eigenvalue weighted by Gasteiger charge is -2.07. The molecule has 0 aromatic heterocycles. The van der Waals surface area contributed by atoms with E-state index in [9.17, 15) is 13.2 Å². The third-order valence-electron chi connectivity index (χ3n) is 3.52. The van der Waals surface area contributed by atoms with Crippen LogP contribution >= 0.6 is 0 Å². The highest BCUT2D eigenvalue weighted by Crippen LogP contribution is 2.22. The maximum atomic E-state index is 12.1. The maximum Gasteiger partial charge on any atom is 0.573 e. The largest absolute Gasteiger partial charge is 0.573 e. The van der Waals surface area contributed by atoms with Crippen LogP contribution in [0.25, 0.3) is 0 Å². The van der Waals surface area contributed by atoms with Crippen LogP contribution in [0, 0.1) is 11.8 Å². The molecule has 130 valence electrons. The highest BCUT2D eigenvalue weighted by Gasteiger charge is 2.30. The van der Waals surface area contributed by atoms with E-state index in [1.807, 2.05) is 18.2 Å². The number of allylic oxidation sites excluding steroid dienone is 1. The number of unbranched alkanes of at least 4 members (excludes halogenated alkanes) is 2. The molecule has 0 aliphatic rings. The van der Waals surface area contributed by atoms with Crippen LogP contribution in [0.2, 0.25) is 0 Å². The Labute approximate surface area is 146 Å². The first-order chi connectivity index (χ1) is 12.0. The molecule has 0 atom stereocenters. The predicted octanol–water partition coefficient (Wildman–Crippen LogP) is 5.88. The van der Waals surface area contributed by atoms with Crippen molar-refractivity contribution in [1.29, 1.82) is 0 Å². The molecule has 0 amide bonds. The topological polar surface area (TPSA) is 9.23 Å². The minimum absolute atomic E-state index is 0.251. The molecule has 0 aliphatic carbocycles. The number of aryl methyl sites for hydroxylation is 1. The molecule has 0 unspecified atom stereocenters. The Hall–Kier alpha value is -2.67. The van der Waals surface area contributed by atoms with Crippen molar-refractivity contribution in [3.05, 3.63) is 77.9 Å². The first-order valence-corrected chi connectivity index (χ1v) is 8.04. The van der Waals surface area contributed by atoms with Gasteiger partial charge in [-0.25, -0.2) is 0 Å². The third kappa shape index (κ3) is 7.17. The summed E-state index contributed by atoms with van der Waals surface area (Å²) in [7, 11) is 0. The molecule has 0 N–H and O–H groups in total. The van der Waals surface area contributed by atoms with E-state index in [1.54, 1.807) is 0 Å². The Balaban J connectivity index is 1.93. The maximum absolute atomic E-state index is 12.1. The summed E-state index contributed by atoms with van der Waals surface area (Å²) in [6, 6.07) is 13.5. The van der Waals surface area contributed by atoms with Crippen molar-refractivity contribution in [2.75, 3.05) is 0 Å². The number of ether oxygens (including phenoxy) is 1. The average Bonchev–Trinajstić information content (AvgIpc) is 2.58. The molecule has 0 radical (unpaired) electrons. The summed E-state index contributed by atoms with van der Waals surface area (Å²) in [5, 5.41) is 0. The molecular weight excluding hydrogens is 325 g/mol. The fourth-order valence-corrected chi connectivity index (χ4v) is 2.26. The van der Waals surface area contributed by atoms with E-state index in [0.29, 0.717) is 5.56 Å². The number of hydrogen-bond acceptors (Lipinski definition) is 1. The van der Waals surface area contributed by atoms with Crippen molar-refractivity contribution in [2.24, 2.45) is 0 Å². The number of alkyl halides is 3. The van der Waals surface area contributed by atoms with Crippen LogP contribution in [-0.4, -0.2) is 6.36 Å². The predicted molar refractivity (Wildman–Crippen MR) is 93.3 cm³/mol. The molecule has 0 aliphatic heterocycles. The second kappa shape index (κ2) is 8.98. The van der Waals surface area contributed by atoms with Gasteiger partial charge in [0.25, 0.3) is 0 Å². The van der Waals surface area contributed by atoms with Crippen molar-refractivity contribution in [3.63, 3.8) is 0 Å². The monoisotopic (exact) mass is 344 g/mol. The Morgan fingerprint density at radius 1 is 0.880 bits per heavy atom. The van der Waals surface area contributed by atoms with E-state index >= 15 is 0 Å². The van der Waals surface area contributed by atoms with Gasteiger partial charge in [-0.2, -0.15) is 0 Å². The van der Waals surface area contributed by atoms with E-state index in [1.165, 1.54) is 29.8 Å². The Morgan fingerprint density at radius 2 is 1.44 bits per heavy atom. The number of hydrogen-bond donors (Lipinski definition) is 0. The van der Waals surface area contributed by atoms with Gasteiger partial charge in [-0.05, 0) is 67.6 Å². The second-order valence-corrected chi connectivity index (χ2v) is 5.55. The number of rotatable bonds is 6. The van der Waals surface area contributed by atoms with Gasteiger partial charge in [0.05, 0.1) is 0 Å². The highest BCUT2D eigenvalue weighted by molar-refractivity contribution is 5.44. The molecule has 0 spiro atoms. The van der Waals surface area contributed by atoms with Crippen LogP contribution in [0.1, 0.15) is 36.0 Å². The second-order valence-electron chi connectivity index (χ2n) is 5.55. The minimum Gasteiger partial charge on any atom is -0.406 e. The van der Waals surface area contributed by atoms with Gasteiger partial charge < -0.3 is 4.74 Å². The molecule has 25 heavy (non-hydrogen) atoms. The van der Waals surface area contributed by atoms with Crippen molar-refractivity contribution in [1.82, 2.24) is 0 Å². The van der Waals surface area contributed by atoms with Crippen molar-refractivity contribution < 1.29 is 17.9 Å². The summed E-state index contributed by atoms with van der Waals surface area (Å²) in [5.74, 6) is 5.69. The highest BCUT2D eigenvalue weighted by atomic mass is 19.4. The van der Waals surface area contributed by atoms with Crippen LogP contribution in [0.3, 0.4) is 0 Å². The molecular formula is C21H19F3O. The van der Waals surface area contributed by atoms with E-state index in [0.717, 1.165) is 31.2 Å². The zero-order valence-electron chi connectivity index (χ0n) is 13.8. The van der Waals surface area contributed by atoms with Crippen molar-refractivity contribution in [2.45, 2.75) is 32.0 Å². The van der Waals surface area contributed by atoms with E-state index < -0.39 is 6.36 Å². The molecule has 0 fully saturated rings. The van der Waals surface area contributed by atoms with E-state index in [4.69, 9.17) is 0 Å². The lowest BCUT2D eigenvalue weighted by molar-refractivity contribution is -0.274. The van der Waals surface area contributed by atoms with Crippen molar-refractivity contribution >= 4 is 0 Å². The average molecular weight is 344 g/mol. The summed E-state index contributed by atoms with van der Waals surface area (Å²) >= 11 is 0. The normalized spacial score (nSPS) is 10.7. The molecule has 2 aromatic rings. The van der Waals surface area contributed by atoms with Crippen LogP contribution in [0.15, 0.2) is 61.2 Å². The van der Waals surface area contributed by atoms with Gasteiger partial charge in [0.15, 0.2) is 0 Å². The van der Waals surface area contributed by atoms with Gasteiger partial charge in [-0.3, -0.25) is 0 Å². The standard InChI is InChI=1S/C21H19F3O/c1-2-3-4-5-6-17-7-9-18(10-8-17)11-12-19-13-15-20(16-14-19)25-21(22,23)24/h2,7-10,13-16H,1,3-6H2. The molecule has 2 rings (SSSR count). The molecule has 2 aromatic carbocycles. The first-order valence-electron chi connectivity index (χ1n) is 8.04. The smallest absolute Gasteiger partial charge is 0.406 e. The van der Waals surface area contributed by atoms with Crippen molar-refractivity contribution in [3.8, 4) is 17.6 Å². The molecule has 0 bridgehead atoms. The molecule has 0 saturated heterocycles. The Bertz CT molecular complexity index is 732. The lowest BCUT2D eigenvalue weighted by Crippen LogP contribution is -2.16. The van der Waals surface area contributed by atoms with Gasteiger partial charge in [0.1, 0.15) is 5.75 Å². The van der Waals surface area contributed by atoms with E-state index in [2.05, 4.69) is 35.3 Å². The Kier molecular flexibility index (Phi) is 6.71. The van der Waals surface area contributed by atoms with Crippen LogP contribution in [-0.2, 0) is 6.42 Å². The lowest BCUT2D eigenvalue weighted by atomic mass is 10.1. The SMILES string of the molecule is C=CCCCCc1ccc(C#Cc2ccc(OC(F)(F)F)cc2)cc1. The Morgan fingerprint density at radius 3 is 1.96 bits per heavy atom. The summed E-state index contributed by atoms with van der Waals surface area (Å²) < 4.78 is 40.1. The van der Waals surface area contributed by atoms with Gasteiger partial charge >= 0.3 is 6.36 Å². The fourth-order valence-electron chi connectivity index (χ4n) is 2.26. The van der Waals surface area contributed by atoms with Gasteiger partial charge in [0, 0.05) is 11.1 Å². The van der Waals surface area contributed by atoms with Crippen LogP contribution < -0.4 is 4.74 Å². The summed E-state index contributed by atoms with van der Waals surface area (Å²) in [6.45, 7) is 3.71. The summed E-state index contributed by atoms with van der Waals surface area (Å²) in [5.41, 5.74) is 2.76. The molecule has 1 nitrogen and oxygen atoms in total. The van der Waals surface area contributed by atoms with E-state index in [-0.39, 0.29) is 5.75 Å². The molecule has 4 heteroatoms. The first kappa shape index (κ1) is 18.7. The summed E-state index contributed by atoms with van der Waals surface area (Å²) in [4.78, 5) is 0. The van der Waals surface area contributed by atoms with Gasteiger partial charge in [-0.15, -0.1) is 19.8 Å². The van der Waals surface area contributed by atoms with Crippen LogP contribution in [0.4, 0.5) is 13.2 Å². The van der Waals surface area contributed by atoms with Crippen LogP contribution in [0.5, 0.6) is 5.75 Å². The molecule has 0 heterocycles. The third-order valence-corrected chi connectivity index (χ3v) is 3.52. The molecule has 0 saturated carbocycles. The van der Waals surface area contributed by atoms with Gasteiger partial charge in [0.2, 0.25) is 0 Å². The number of benzene rings is 2. The quantitative estimate of drug-likeness (QED) is 0.361. The fraction of sp³-hybridized carbons (Fsp3) is 0.238. The zero-order valence-corrected chi connectivity index (χ0v) is 13.8.